The molecular formula is C24H43N3O3. The lowest BCUT2D eigenvalue weighted by Gasteiger charge is -2.47. The van der Waals surface area contributed by atoms with Crippen molar-refractivity contribution in [3.8, 4) is 0 Å². The van der Waals surface area contributed by atoms with Gasteiger partial charge in [-0.2, -0.15) is 0 Å². The van der Waals surface area contributed by atoms with Crippen LogP contribution in [0.15, 0.2) is 0 Å². The number of carbonyl (C=O) groups excluding carboxylic acids is 2. The summed E-state index contributed by atoms with van der Waals surface area (Å²) >= 11 is 0. The summed E-state index contributed by atoms with van der Waals surface area (Å²) in [6, 6.07) is 1.40. The Bertz CT molecular complexity index is 561. The molecule has 2 heterocycles. The maximum Gasteiger partial charge on any atom is 0.410 e. The second-order valence-electron chi connectivity index (χ2n) is 10.5. The largest absolute Gasteiger partial charge is 0.444 e. The SMILES string of the molecule is CC[C@H]1CCCCC1N(C=O)C1CCN(C2CCN(C(=O)OC(C)(C)C)CC2)CC1. The molecule has 3 fully saturated rings. The highest BCUT2D eigenvalue weighted by atomic mass is 16.6. The van der Waals surface area contributed by atoms with Gasteiger partial charge in [0.2, 0.25) is 6.41 Å². The highest BCUT2D eigenvalue weighted by molar-refractivity contribution is 5.68. The zero-order chi connectivity index (χ0) is 21.7. The molecule has 2 saturated heterocycles. The van der Waals surface area contributed by atoms with Crippen LogP contribution < -0.4 is 0 Å². The minimum atomic E-state index is -0.435. The minimum Gasteiger partial charge on any atom is -0.444 e. The number of hydrogen-bond acceptors (Lipinski definition) is 4. The van der Waals surface area contributed by atoms with Gasteiger partial charge in [-0.05, 0) is 65.2 Å². The Kier molecular flexibility index (Phi) is 8.05. The molecule has 6 heteroatoms. The maximum atomic E-state index is 12.3. The Morgan fingerprint density at radius 2 is 1.63 bits per heavy atom. The van der Waals surface area contributed by atoms with Crippen molar-refractivity contribution in [1.29, 1.82) is 0 Å². The Balaban J connectivity index is 1.46. The van der Waals surface area contributed by atoms with Gasteiger partial charge in [0.1, 0.15) is 5.60 Å². The Hall–Kier alpha value is -1.30. The van der Waals surface area contributed by atoms with E-state index in [9.17, 15) is 9.59 Å². The van der Waals surface area contributed by atoms with Crippen molar-refractivity contribution in [2.45, 2.75) is 109 Å². The van der Waals surface area contributed by atoms with Crippen molar-refractivity contribution < 1.29 is 14.3 Å². The summed E-state index contributed by atoms with van der Waals surface area (Å²) in [5.41, 5.74) is -0.435. The maximum absolute atomic E-state index is 12.3. The first-order chi connectivity index (χ1) is 14.3. The van der Waals surface area contributed by atoms with Crippen LogP contribution in [0.25, 0.3) is 0 Å². The van der Waals surface area contributed by atoms with Crippen molar-refractivity contribution >= 4 is 12.5 Å². The van der Waals surface area contributed by atoms with Gasteiger partial charge in [-0.3, -0.25) is 4.79 Å². The number of carbonyl (C=O) groups is 2. The molecule has 30 heavy (non-hydrogen) atoms. The van der Waals surface area contributed by atoms with Gasteiger partial charge in [0, 0.05) is 44.3 Å². The van der Waals surface area contributed by atoms with E-state index in [1.165, 1.54) is 32.1 Å². The molecule has 3 rings (SSSR count). The number of rotatable bonds is 5. The smallest absolute Gasteiger partial charge is 0.410 e. The van der Waals surface area contributed by atoms with E-state index in [1.807, 2.05) is 25.7 Å². The molecule has 0 aromatic heterocycles. The van der Waals surface area contributed by atoms with Crippen LogP contribution in [0, 0.1) is 5.92 Å². The van der Waals surface area contributed by atoms with Gasteiger partial charge in [-0.25, -0.2) is 4.79 Å². The average molecular weight is 422 g/mol. The predicted octanol–water partition coefficient (Wildman–Crippen LogP) is 4.28. The molecule has 1 unspecified atom stereocenters. The summed E-state index contributed by atoms with van der Waals surface area (Å²) in [6.45, 7) is 11.7. The third kappa shape index (κ3) is 5.89. The minimum absolute atomic E-state index is 0.181. The molecule has 2 amide bonds. The second kappa shape index (κ2) is 10.3. The van der Waals surface area contributed by atoms with Crippen LogP contribution in [0.4, 0.5) is 4.79 Å². The molecule has 0 bridgehead atoms. The van der Waals surface area contributed by atoms with E-state index in [2.05, 4.69) is 16.7 Å². The number of hydrogen-bond donors (Lipinski definition) is 0. The lowest BCUT2D eigenvalue weighted by atomic mass is 9.81. The van der Waals surface area contributed by atoms with E-state index in [0.717, 1.165) is 58.3 Å². The lowest BCUT2D eigenvalue weighted by Crippen LogP contribution is -2.54. The first kappa shape index (κ1) is 23.4. The van der Waals surface area contributed by atoms with Crippen molar-refractivity contribution in [1.82, 2.24) is 14.7 Å². The van der Waals surface area contributed by atoms with E-state index >= 15 is 0 Å². The highest BCUT2D eigenvalue weighted by Crippen LogP contribution is 2.33. The lowest BCUT2D eigenvalue weighted by molar-refractivity contribution is -0.126. The molecule has 6 nitrogen and oxygen atoms in total. The van der Waals surface area contributed by atoms with Crippen LogP contribution in [0.2, 0.25) is 0 Å². The molecule has 0 N–H and O–H groups in total. The number of piperidine rings is 2. The van der Waals surface area contributed by atoms with Crippen LogP contribution in [-0.2, 0) is 9.53 Å². The normalized spacial score (nSPS) is 27.7. The fourth-order valence-corrected chi connectivity index (χ4v) is 5.78. The molecule has 0 radical (unpaired) electrons. The van der Waals surface area contributed by atoms with Gasteiger partial charge < -0.3 is 19.4 Å². The molecule has 172 valence electrons. The number of nitrogens with zero attached hydrogens (tertiary/aromatic N) is 3. The zero-order valence-electron chi connectivity index (χ0n) is 19.6. The highest BCUT2D eigenvalue weighted by Gasteiger charge is 2.36. The second-order valence-corrected chi connectivity index (χ2v) is 10.5. The van der Waals surface area contributed by atoms with E-state index in [-0.39, 0.29) is 6.09 Å². The van der Waals surface area contributed by atoms with Gasteiger partial charge in [-0.15, -0.1) is 0 Å². The van der Waals surface area contributed by atoms with Gasteiger partial charge >= 0.3 is 6.09 Å². The third-order valence-electron chi connectivity index (χ3n) is 7.45. The Labute approximate surface area is 183 Å². The standard InChI is InChI=1S/C24H43N3O3/c1-5-19-8-6-7-9-22(19)27(18-28)21-12-14-25(15-13-21)20-10-16-26(17-11-20)23(29)30-24(2,3)4/h18-22H,5-17H2,1-4H3/t19-,22?/m0/s1. The Morgan fingerprint density at radius 3 is 2.20 bits per heavy atom. The fraction of sp³-hybridized carbons (Fsp3) is 0.917. The monoisotopic (exact) mass is 421 g/mol. The van der Waals surface area contributed by atoms with Crippen LogP contribution in [0.3, 0.4) is 0 Å². The van der Waals surface area contributed by atoms with Gasteiger partial charge in [0.05, 0.1) is 0 Å². The van der Waals surface area contributed by atoms with E-state index in [4.69, 9.17) is 4.74 Å². The van der Waals surface area contributed by atoms with E-state index < -0.39 is 5.60 Å². The molecule has 1 saturated carbocycles. The van der Waals surface area contributed by atoms with Crippen molar-refractivity contribution in [3.05, 3.63) is 0 Å². The zero-order valence-corrected chi connectivity index (χ0v) is 19.6. The van der Waals surface area contributed by atoms with E-state index in [1.54, 1.807) is 0 Å². The summed E-state index contributed by atoms with van der Waals surface area (Å²) in [5.74, 6) is 0.680. The van der Waals surface area contributed by atoms with E-state index in [0.29, 0.717) is 24.0 Å². The van der Waals surface area contributed by atoms with Crippen molar-refractivity contribution in [2.75, 3.05) is 26.2 Å². The first-order valence-electron chi connectivity index (χ1n) is 12.3. The molecular weight excluding hydrogens is 378 g/mol. The first-order valence-corrected chi connectivity index (χ1v) is 12.3. The number of amides is 2. The number of likely N-dealkylation sites (tertiary alicyclic amines) is 2. The molecule has 2 aliphatic heterocycles. The van der Waals surface area contributed by atoms with Gasteiger partial charge in [0.15, 0.2) is 0 Å². The van der Waals surface area contributed by atoms with Crippen molar-refractivity contribution in [2.24, 2.45) is 5.92 Å². The molecule has 0 aromatic rings. The average Bonchev–Trinajstić information content (AvgIpc) is 2.74. The van der Waals surface area contributed by atoms with Crippen LogP contribution >= 0.6 is 0 Å². The van der Waals surface area contributed by atoms with Crippen LogP contribution in [0.1, 0.15) is 85.5 Å². The molecule has 3 aliphatic rings. The molecule has 1 aliphatic carbocycles. The predicted molar refractivity (Wildman–Crippen MR) is 119 cm³/mol. The summed E-state index contributed by atoms with van der Waals surface area (Å²) in [4.78, 5) is 31.0. The van der Waals surface area contributed by atoms with Gasteiger partial charge in [-0.1, -0.05) is 26.2 Å². The molecule has 0 aromatic carbocycles. The Morgan fingerprint density at radius 1 is 1.00 bits per heavy atom. The molecule has 0 spiro atoms. The summed E-state index contributed by atoms with van der Waals surface area (Å²) in [6.07, 6.45) is 11.4. The van der Waals surface area contributed by atoms with Crippen molar-refractivity contribution in [3.63, 3.8) is 0 Å². The molecule has 2 atom stereocenters. The van der Waals surface area contributed by atoms with Crippen LogP contribution in [-0.4, -0.2) is 77.1 Å². The third-order valence-corrected chi connectivity index (χ3v) is 7.45. The van der Waals surface area contributed by atoms with Gasteiger partial charge in [0.25, 0.3) is 0 Å². The summed E-state index contributed by atoms with van der Waals surface area (Å²) in [5, 5.41) is 0. The topological polar surface area (TPSA) is 53.1 Å². The summed E-state index contributed by atoms with van der Waals surface area (Å²) in [7, 11) is 0. The van der Waals surface area contributed by atoms with Crippen LogP contribution in [0.5, 0.6) is 0 Å². The quantitative estimate of drug-likeness (QED) is 0.622. The fourth-order valence-electron chi connectivity index (χ4n) is 5.78. The number of ether oxygens (including phenoxy) is 1. The summed E-state index contributed by atoms with van der Waals surface area (Å²) < 4.78 is 5.52.